The van der Waals surface area contributed by atoms with E-state index in [0.29, 0.717) is 5.56 Å². The van der Waals surface area contributed by atoms with Gasteiger partial charge in [-0.3, -0.25) is 4.90 Å². The highest BCUT2D eigenvalue weighted by atomic mass is 35.5. The van der Waals surface area contributed by atoms with Gasteiger partial charge in [0, 0.05) is 6.54 Å². The fourth-order valence-electron chi connectivity index (χ4n) is 2.66. The zero-order valence-corrected chi connectivity index (χ0v) is 12.9. The van der Waals surface area contributed by atoms with Crippen LogP contribution in [0.4, 0.5) is 4.39 Å². The summed E-state index contributed by atoms with van der Waals surface area (Å²) in [7, 11) is 0. The van der Waals surface area contributed by atoms with Gasteiger partial charge in [0.05, 0.1) is 5.02 Å². The van der Waals surface area contributed by atoms with Gasteiger partial charge >= 0.3 is 0 Å². The summed E-state index contributed by atoms with van der Waals surface area (Å²) >= 11 is 6.05. The standard InChI is InChI=1S/C16H23ClFN/c1-16(2,3)13-9-12(10-14(17)15(13)18)11-19-7-5-4-6-8-19/h9-10H,4-8,11H2,1-3H3. The number of nitrogens with zero attached hydrogens (tertiary/aromatic N) is 1. The number of halogens is 2. The van der Waals surface area contributed by atoms with Crippen LogP contribution in [0.25, 0.3) is 0 Å². The normalized spacial score (nSPS) is 17.7. The maximum atomic E-state index is 14.1. The van der Waals surface area contributed by atoms with Crippen LogP contribution < -0.4 is 0 Å². The third-order valence-corrected chi connectivity index (χ3v) is 4.03. The number of hydrogen-bond donors (Lipinski definition) is 0. The molecule has 0 radical (unpaired) electrons. The highest BCUT2D eigenvalue weighted by molar-refractivity contribution is 6.30. The van der Waals surface area contributed by atoms with E-state index in [9.17, 15) is 4.39 Å². The van der Waals surface area contributed by atoms with Crippen LogP contribution in [0.5, 0.6) is 0 Å². The first kappa shape index (κ1) is 14.8. The molecule has 1 aliphatic rings. The zero-order chi connectivity index (χ0) is 14.0. The molecule has 2 rings (SSSR count). The average Bonchev–Trinajstić information content (AvgIpc) is 2.33. The van der Waals surface area contributed by atoms with Crippen molar-refractivity contribution in [2.45, 2.75) is 52.0 Å². The number of piperidine rings is 1. The van der Waals surface area contributed by atoms with E-state index in [1.165, 1.54) is 19.3 Å². The summed E-state index contributed by atoms with van der Waals surface area (Å²) < 4.78 is 14.1. The smallest absolute Gasteiger partial charge is 0.145 e. The van der Waals surface area contributed by atoms with Gasteiger partial charge in [-0.25, -0.2) is 4.39 Å². The molecule has 0 amide bonds. The van der Waals surface area contributed by atoms with Gasteiger partial charge in [0.25, 0.3) is 0 Å². The fourth-order valence-corrected chi connectivity index (χ4v) is 2.90. The van der Waals surface area contributed by atoms with E-state index < -0.39 is 0 Å². The molecule has 1 aromatic carbocycles. The van der Waals surface area contributed by atoms with Crippen LogP contribution in [0.1, 0.15) is 51.2 Å². The van der Waals surface area contributed by atoms with E-state index in [2.05, 4.69) is 4.90 Å². The van der Waals surface area contributed by atoms with Crippen molar-refractivity contribution >= 4 is 11.6 Å². The molecule has 0 spiro atoms. The predicted octanol–water partition coefficient (Wildman–Crippen LogP) is 4.76. The maximum absolute atomic E-state index is 14.1. The minimum Gasteiger partial charge on any atom is -0.299 e. The first-order chi connectivity index (χ1) is 8.88. The molecule has 0 unspecified atom stereocenters. The van der Waals surface area contributed by atoms with Crippen molar-refractivity contribution in [3.63, 3.8) is 0 Å². The van der Waals surface area contributed by atoms with Crippen LogP contribution in [0.2, 0.25) is 5.02 Å². The van der Waals surface area contributed by atoms with Crippen LogP contribution >= 0.6 is 11.6 Å². The van der Waals surface area contributed by atoms with Gasteiger partial charge < -0.3 is 0 Å². The molecule has 1 fully saturated rings. The molecule has 0 N–H and O–H groups in total. The lowest BCUT2D eigenvalue weighted by molar-refractivity contribution is 0.220. The van der Waals surface area contributed by atoms with Crippen molar-refractivity contribution in [3.8, 4) is 0 Å². The minimum absolute atomic E-state index is 0.217. The Bertz CT molecular complexity index is 445. The summed E-state index contributed by atoms with van der Waals surface area (Å²) in [6, 6.07) is 3.76. The van der Waals surface area contributed by atoms with Crippen molar-refractivity contribution in [2.75, 3.05) is 13.1 Å². The molecule has 1 saturated heterocycles. The topological polar surface area (TPSA) is 3.24 Å². The van der Waals surface area contributed by atoms with Crippen molar-refractivity contribution in [3.05, 3.63) is 34.1 Å². The van der Waals surface area contributed by atoms with Gasteiger partial charge in [-0.05, 0) is 48.5 Å². The van der Waals surface area contributed by atoms with Crippen LogP contribution in [0, 0.1) is 5.82 Å². The van der Waals surface area contributed by atoms with Gasteiger partial charge in [0.1, 0.15) is 5.82 Å². The van der Waals surface area contributed by atoms with Crippen LogP contribution in [-0.2, 0) is 12.0 Å². The van der Waals surface area contributed by atoms with Crippen molar-refractivity contribution in [2.24, 2.45) is 0 Å². The molecule has 0 saturated carbocycles. The lowest BCUT2D eigenvalue weighted by atomic mass is 9.85. The Labute approximate surface area is 120 Å². The predicted molar refractivity (Wildman–Crippen MR) is 79.2 cm³/mol. The van der Waals surface area contributed by atoms with Crippen molar-refractivity contribution < 1.29 is 4.39 Å². The fraction of sp³-hybridized carbons (Fsp3) is 0.625. The Morgan fingerprint density at radius 2 is 1.79 bits per heavy atom. The molecule has 1 nitrogen and oxygen atoms in total. The largest absolute Gasteiger partial charge is 0.299 e. The number of benzene rings is 1. The molecule has 1 heterocycles. The zero-order valence-electron chi connectivity index (χ0n) is 12.1. The number of hydrogen-bond acceptors (Lipinski definition) is 1. The molecule has 0 aliphatic carbocycles. The molecular weight excluding hydrogens is 261 g/mol. The van der Waals surface area contributed by atoms with Gasteiger partial charge in [-0.1, -0.05) is 44.9 Å². The summed E-state index contributed by atoms with van der Waals surface area (Å²) in [6.45, 7) is 9.22. The highest BCUT2D eigenvalue weighted by Crippen LogP contribution is 2.31. The average molecular weight is 284 g/mol. The third-order valence-electron chi connectivity index (χ3n) is 3.75. The SMILES string of the molecule is CC(C)(C)c1cc(CN2CCCCC2)cc(Cl)c1F. The van der Waals surface area contributed by atoms with Gasteiger partial charge in [0.15, 0.2) is 0 Å². The first-order valence-corrected chi connectivity index (χ1v) is 7.46. The van der Waals surface area contributed by atoms with E-state index in [1.54, 1.807) is 6.07 Å². The lowest BCUT2D eigenvalue weighted by Gasteiger charge is -2.28. The molecule has 106 valence electrons. The van der Waals surface area contributed by atoms with Crippen molar-refractivity contribution in [1.82, 2.24) is 4.90 Å². The Hall–Kier alpha value is -0.600. The second-order valence-electron chi connectivity index (χ2n) is 6.53. The molecule has 19 heavy (non-hydrogen) atoms. The highest BCUT2D eigenvalue weighted by Gasteiger charge is 2.22. The molecule has 0 atom stereocenters. The Kier molecular flexibility index (Phi) is 4.52. The molecule has 3 heteroatoms. The molecule has 0 bridgehead atoms. The summed E-state index contributed by atoms with van der Waals surface area (Å²) in [5.41, 5.74) is 1.62. The number of rotatable bonds is 2. The molecule has 1 aromatic rings. The maximum Gasteiger partial charge on any atom is 0.145 e. The third kappa shape index (κ3) is 3.70. The first-order valence-electron chi connectivity index (χ1n) is 7.08. The van der Waals surface area contributed by atoms with Gasteiger partial charge in [-0.2, -0.15) is 0 Å². The second-order valence-corrected chi connectivity index (χ2v) is 6.93. The number of likely N-dealkylation sites (tertiary alicyclic amines) is 1. The summed E-state index contributed by atoms with van der Waals surface area (Å²) in [5.74, 6) is -0.267. The Morgan fingerprint density at radius 3 is 2.37 bits per heavy atom. The summed E-state index contributed by atoms with van der Waals surface area (Å²) in [6.07, 6.45) is 3.86. The Morgan fingerprint density at radius 1 is 1.16 bits per heavy atom. The molecule has 1 aliphatic heterocycles. The summed E-state index contributed by atoms with van der Waals surface area (Å²) in [5, 5.41) is 0.249. The van der Waals surface area contributed by atoms with Gasteiger partial charge in [-0.15, -0.1) is 0 Å². The quantitative estimate of drug-likeness (QED) is 0.756. The van der Waals surface area contributed by atoms with Crippen molar-refractivity contribution in [1.29, 1.82) is 0 Å². The Balaban J connectivity index is 2.23. The van der Waals surface area contributed by atoms with Crippen LogP contribution in [0.15, 0.2) is 12.1 Å². The summed E-state index contributed by atoms with van der Waals surface area (Å²) in [4.78, 5) is 2.43. The van der Waals surface area contributed by atoms with E-state index >= 15 is 0 Å². The van der Waals surface area contributed by atoms with E-state index in [1.807, 2.05) is 26.8 Å². The lowest BCUT2D eigenvalue weighted by Crippen LogP contribution is -2.29. The van der Waals surface area contributed by atoms with E-state index in [4.69, 9.17) is 11.6 Å². The minimum atomic E-state index is -0.267. The van der Waals surface area contributed by atoms with Crippen LogP contribution in [-0.4, -0.2) is 18.0 Å². The van der Waals surface area contributed by atoms with E-state index in [-0.39, 0.29) is 16.3 Å². The molecule has 0 aromatic heterocycles. The molecular formula is C16H23ClFN. The van der Waals surface area contributed by atoms with Gasteiger partial charge in [0.2, 0.25) is 0 Å². The second kappa shape index (κ2) is 5.80. The van der Waals surface area contributed by atoms with E-state index in [0.717, 1.165) is 25.2 Å². The van der Waals surface area contributed by atoms with Crippen LogP contribution in [0.3, 0.4) is 0 Å². The monoisotopic (exact) mass is 283 g/mol.